The fourth-order valence-electron chi connectivity index (χ4n) is 3.19. The molecule has 0 radical (unpaired) electrons. The first-order valence-electron chi connectivity index (χ1n) is 10.7. The summed E-state index contributed by atoms with van der Waals surface area (Å²) in [5.41, 5.74) is 0. The van der Waals surface area contributed by atoms with Gasteiger partial charge in [-0.05, 0) is 58.9 Å². The molecular weight excluding hydrogens is 568 g/mol. The summed E-state index contributed by atoms with van der Waals surface area (Å²) < 4.78 is 38.4. The number of hydrogen-bond acceptors (Lipinski definition) is 6. The van der Waals surface area contributed by atoms with Gasteiger partial charge < -0.3 is 27.5 Å². The number of hydrogen-bond donors (Lipinski definition) is 0. The van der Waals surface area contributed by atoms with Crippen LogP contribution in [0, 0.1) is 0 Å². The van der Waals surface area contributed by atoms with Crippen molar-refractivity contribution in [3.05, 3.63) is 0 Å². The lowest BCUT2D eigenvalue weighted by Crippen LogP contribution is -2.66. The molecule has 30 heavy (non-hydrogen) atoms. The van der Waals surface area contributed by atoms with E-state index in [4.69, 9.17) is 27.5 Å². The molecule has 0 aromatic rings. The zero-order valence-corrected chi connectivity index (χ0v) is 26.3. The number of halogens is 2. The molecule has 0 amide bonds. The first kappa shape index (κ1) is 29.4. The van der Waals surface area contributed by atoms with E-state index in [1.54, 1.807) is 0 Å². The standard InChI is InChI=1S/C19H42Br2O6Si3/c1-28(2,3)25-16-15(14-22-12-10-20)24-19(23-13-11-21)18(27-30(7,8)9)17(16)26-29(4,5)6/h15-19H,10-14H2,1-9H3/t15-,16-,17+,18+,19+/m1/s1. The van der Waals surface area contributed by atoms with E-state index in [0.717, 1.165) is 10.7 Å². The van der Waals surface area contributed by atoms with E-state index in [1.807, 2.05) is 0 Å². The Bertz CT molecular complexity index is 496. The average Bonchev–Trinajstić information content (AvgIpc) is 2.55. The molecule has 1 fully saturated rings. The molecule has 0 N–H and O–H groups in total. The topological polar surface area (TPSA) is 55.4 Å². The lowest BCUT2D eigenvalue weighted by atomic mass is 9.99. The minimum atomic E-state index is -1.91. The molecule has 0 aromatic heterocycles. The van der Waals surface area contributed by atoms with Gasteiger partial charge in [-0.3, -0.25) is 0 Å². The van der Waals surface area contributed by atoms with Crippen LogP contribution in [0.2, 0.25) is 58.9 Å². The van der Waals surface area contributed by atoms with Crippen LogP contribution in [0.4, 0.5) is 0 Å². The highest BCUT2D eigenvalue weighted by Gasteiger charge is 2.51. The number of rotatable bonds is 13. The first-order chi connectivity index (χ1) is 13.7. The molecule has 0 unspecified atom stereocenters. The second-order valence-electron chi connectivity index (χ2n) is 10.5. The fourth-order valence-corrected chi connectivity index (χ4v) is 6.85. The van der Waals surface area contributed by atoms with Gasteiger partial charge in [0.15, 0.2) is 31.2 Å². The van der Waals surface area contributed by atoms with E-state index in [2.05, 4.69) is 90.8 Å². The highest BCUT2D eigenvalue weighted by molar-refractivity contribution is 9.09. The van der Waals surface area contributed by atoms with Gasteiger partial charge in [-0.1, -0.05) is 31.9 Å². The molecule has 0 aliphatic carbocycles. The van der Waals surface area contributed by atoms with Crippen LogP contribution in [0.5, 0.6) is 0 Å². The summed E-state index contributed by atoms with van der Waals surface area (Å²) in [6, 6.07) is 0. The third-order valence-electron chi connectivity index (χ3n) is 3.92. The molecular formula is C19H42Br2O6Si3. The molecule has 11 heteroatoms. The summed E-state index contributed by atoms with van der Waals surface area (Å²) >= 11 is 6.88. The lowest BCUT2D eigenvalue weighted by molar-refractivity contribution is -0.291. The van der Waals surface area contributed by atoms with Crippen LogP contribution in [0.1, 0.15) is 0 Å². The quantitative estimate of drug-likeness (QED) is 0.163. The normalized spacial score (nSPS) is 28.7. The predicted octanol–water partition coefficient (Wildman–Crippen LogP) is 5.19. The highest BCUT2D eigenvalue weighted by atomic mass is 79.9. The van der Waals surface area contributed by atoms with Gasteiger partial charge in [0.05, 0.1) is 19.8 Å². The van der Waals surface area contributed by atoms with Gasteiger partial charge in [-0.2, -0.15) is 0 Å². The van der Waals surface area contributed by atoms with E-state index in [0.29, 0.717) is 19.8 Å². The zero-order chi connectivity index (χ0) is 23.2. The molecule has 0 spiro atoms. The van der Waals surface area contributed by atoms with Gasteiger partial charge in [-0.15, -0.1) is 0 Å². The average molecular weight is 611 g/mol. The highest BCUT2D eigenvalue weighted by Crippen LogP contribution is 2.34. The summed E-state index contributed by atoms with van der Waals surface area (Å²) in [5, 5.41) is 1.50. The van der Waals surface area contributed by atoms with Crippen LogP contribution in [-0.4, -0.2) is 86.1 Å². The van der Waals surface area contributed by atoms with Crippen molar-refractivity contribution in [2.45, 2.75) is 89.6 Å². The van der Waals surface area contributed by atoms with Crippen molar-refractivity contribution in [1.82, 2.24) is 0 Å². The molecule has 1 aliphatic rings. The van der Waals surface area contributed by atoms with E-state index in [-0.39, 0.29) is 24.4 Å². The van der Waals surface area contributed by atoms with Crippen LogP contribution in [-0.2, 0) is 27.5 Å². The minimum absolute atomic E-state index is 0.260. The van der Waals surface area contributed by atoms with Crippen molar-refractivity contribution >= 4 is 56.8 Å². The van der Waals surface area contributed by atoms with Gasteiger partial charge in [0, 0.05) is 10.7 Å². The largest absolute Gasteiger partial charge is 0.409 e. The smallest absolute Gasteiger partial charge is 0.185 e. The van der Waals surface area contributed by atoms with Gasteiger partial charge in [0.25, 0.3) is 0 Å². The van der Waals surface area contributed by atoms with Crippen molar-refractivity contribution in [3.8, 4) is 0 Å². The molecule has 1 aliphatic heterocycles. The fraction of sp³-hybridized carbons (Fsp3) is 1.00. The lowest BCUT2D eigenvalue weighted by Gasteiger charge is -2.50. The van der Waals surface area contributed by atoms with E-state index < -0.39 is 31.2 Å². The Morgan fingerprint density at radius 3 is 1.60 bits per heavy atom. The van der Waals surface area contributed by atoms with Crippen LogP contribution in [0.3, 0.4) is 0 Å². The number of ether oxygens (including phenoxy) is 3. The summed E-state index contributed by atoms with van der Waals surface area (Å²) in [5.74, 6) is 0. The van der Waals surface area contributed by atoms with Crippen LogP contribution >= 0.6 is 31.9 Å². The van der Waals surface area contributed by atoms with Crippen LogP contribution in [0.15, 0.2) is 0 Å². The van der Waals surface area contributed by atoms with Gasteiger partial charge in [-0.25, -0.2) is 0 Å². The molecule has 1 saturated heterocycles. The van der Waals surface area contributed by atoms with Gasteiger partial charge in [0.2, 0.25) is 0 Å². The molecule has 1 heterocycles. The predicted molar refractivity (Wildman–Crippen MR) is 138 cm³/mol. The SMILES string of the molecule is C[Si](C)(C)O[C@@H]1[C@H](O[Si](C)(C)C)[C@@H](OCCBr)O[C@H](COCCBr)[C@H]1O[Si](C)(C)C. The Hall–Kier alpha value is 1.37. The van der Waals surface area contributed by atoms with Crippen molar-refractivity contribution in [3.63, 3.8) is 0 Å². The summed E-state index contributed by atoms with van der Waals surface area (Å²) in [6.07, 6.45) is -1.66. The van der Waals surface area contributed by atoms with Crippen molar-refractivity contribution in [2.24, 2.45) is 0 Å². The van der Waals surface area contributed by atoms with Crippen molar-refractivity contribution < 1.29 is 27.5 Å². The Balaban J connectivity index is 3.33. The molecule has 0 aromatic carbocycles. The van der Waals surface area contributed by atoms with Crippen LogP contribution in [0.25, 0.3) is 0 Å². The maximum atomic E-state index is 6.74. The van der Waals surface area contributed by atoms with Gasteiger partial charge in [0.1, 0.15) is 24.4 Å². The Kier molecular flexibility index (Phi) is 12.5. The Morgan fingerprint density at radius 2 is 1.13 bits per heavy atom. The van der Waals surface area contributed by atoms with Crippen LogP contribution < -0.4 is 0 Å². The molecule has 180 valence electrons. The maximum absolute atomic E-state index is 6.74. The zero-order valence-electron chi connectivity index (χ0n) is 20.1. The molecule has 6 nitrogen and oxygen atoms in total. The Labute approximate surface area is 203 Å². The molecule has 0 saturated carbocycles. The van der Waals surface area contributed by atoms with E-state index in [1.165, 1.54) is 0 Å². The monoisotopic (exact) mass is 608 g/mol. The van der Waals surface area contributed by atoms with E-state index >= 15 is 0 Å². The summed E-state index contributed by atoms with van der Waals surface area (Å²) in [6.45, 7) is 21.3. The summed E-state index contributed by atoms with van der Waals surface area (Å²) in [4.78, 5) is 0. The van der Waals surface area contributed by atoms with Crippen molar-refractivity contribution in [1.29, 1.82) is 0 Å². The first-order valence-corrected chi connectivity index (χ1v) is 23.1. The van der Waals surface area contributed by atoms with E-state index in [9.17, 15) is 0 Å². The third kappa shape index (κ3) is 11.5. The minimum Gasteiger partial charge on any atom is -0.409 e. The number of alkyl halides is 2. The van der Waals surface area contributed by atoms with Gasteiger partial charge >= 0.3 is 0 Å². The molecule has 1 rings (SSSR count). The second kappa shape index (κ2) is 12.7. The Morgan fingerprint density at radius 1 is 0.667 bits per heavy atom. The maximum Gasteiger partial charge on any atom is 0.185 e. The summed E-state index contributed by atoms with van der Waals surface area (Å²) in [7, 11) is -5.70. The third-order valence-corrected chi connectivity index (χ3v) is 7.51. The second-order valence-corrected chi connectivity index (χ2v) is 25.4. The van der Waals surface area contributed by atoms with Crippen molar-refractivity contribution in [2.75, 3.05) is 30.5 Å². The molecule has 0 bridgehead atoms. The molecule has 5 atom stereocenters.